The molecule has 2 aromatic heterocycles. The summed E-state index contributed by atoms with van der Waals surface area (Å²) in [5.74, 6) is -0.857. The number of aliphatic hydroxyl groups is 1. The lowest BCUT2D eigenvalue weighted by Crippen LogP contribution is -2.41. The minimum absolute atomic E-state index is 0.0221. The Hall–Kier alpha value is -4.21. The van der Waals surface area contributed by atoms with Crippen LogP contribution in [0.25, 0.3) is 16.9 Å². The zero-order chi connectivity index (χ0) is 28.6. The van der Waals surface area contributed by atoms with Crippen molar-refractivity contribution in [2.75, 3.05) is 6.61 Å². The maximum Gasteiger partial charge on any atom is 0.335 e. The Bertz CT molecular complexity index is 1500. The van der Waals surface area contributed by atoms with Crippen molar-refractivity contribution in [1.82, 2.24) is 20.1 Å². The first-order chi connectivity index (χ1) is 19.2. The van der Waals surface area contributed by atoms with E-state index in [-0.39, 0.29) is 24.6 Å². The minimum atomic E-state index is -1.44. The van der Waals surface area contributed by atoms with E-state index < -0.39 is 29.6 Å². The molecular formula is C30H31ClN4O5. The van der Waals surface area contributed by atoms with Gasteiger partial charge in [0.05, 0.1) is 6.61 Å². The van der Waals surface area contributed by atoms with E-state index in [0.717, 1.165) is 21.4 Å². The number of aromatic amines is 1. The lowest BCUT2D eigenvalue weighted by molar-refractivity contribution is -0.155. The standard InChI is InChI=1S/C30H31ClN4O5/c1-19(2)18-40-30(39)26(36)16-24(14-20-9-11-21(12-10-20)22-6-5-7-23(31)15-22)33-29(38)25-17-28(37)35(34-25)27-8-3-4-13-32-27/h3-13,15,17,19,24,26,34,36H,14,16,18H2,1-2H3,(H,33,38). The lowest BCUT2D eigenvalue weighted by atomic mass is 9.97. The Morgan fingerprint density at radius 1 is 1.05 bits per heavy atom. The van der Waals surface area contributed by atoms with Crippen LogP contribution in [0.5, 0.6) is 0 Å². The van der Waals surface area contributed by atoms with Gasteiger partial charge in [-0.05, 0) is 53.3 Å². The number of esters is 1. The van der Waals surface area contributed by atoms with Gasteiger partial charge in [-0.2, -0.15) is 0 Å². The van der Waals surface area contributed by atoms with Gasteiger partial charge >= 0.3 is 5.97 Å². The highest BCUT2D eigenvalue weighted by atomic mass is 35.5. The maximum atomic E-state index is 13.2. The number of amides is 1. The summed E-state index contributed by atoms with van der Waals surface area (Å²) in [6.07, 6.45) is 0.341. The molecule has 1 amide bonds. The molecule has 9 nitrogen and oxygen atoms in total. The van der Waals surface area contributed by atoms with Gasteiger partial charge in [0.2, 0.25) is 0 Å². The Morgan fingerprint density at radius 3 is 2.50 bits per heavy atom. The van der Waals surface area contributed by atoms with Crippen molar-refractivity contribution in [3.8, 4) is 16.9 Å². The minimum Gasteiger partial charge on any atom is -0.464 e. The molecule has 0 radical (unpaired) electrons. The molecule has 4 aromatic rings. The van der Waals surface area contributed by atoms with E-state index in [2.05, 4.69) is 15.4 Å². The molecule has 0 spiro atoms. The first-order valence-electron chi connectivity index (χ1n) is 12.9. The molecule has 2 aromatic carbocycles. The molecule has 0 fully saturated rings. The monoisotopic (exact) mass is 562 g/mol. The first kappa shape index (κ1) is 28.8. The molecule has 0 aliphatic rings. The summed E-state index contributed by atoms with van der Waals surface area (Å²) >= 11 is 6.12. The molecule has 0 bridgehead atoms. The van der Waals surface area contributed by atoms with Crippen LogP contribution in [-0.4, -0.2) is 50.5 Å². The number of rotatable bonds is 11. The van der Waals surface area contributed by atoms with Gasteiger partial charge in [-0.25, -0.2) is 14.5 Å². The summed E-state index contributed by atoms with van der Waals surface area (Å²) in [5.41, 5.74) is 2.38. The predicted octanol–water partition coefficient (Wildman–Crippen LogP) is 4.17. The number of aromatic nitrogens is 3. The molecule has 2 atom stereocenters. The molecule has 2 unspecified atom stereocenters. The topological polar surface area (TPSA) is 126 Å². The summed E-state index contributed by atoms with van der Waals surface area (Å²) in [6, 6.07) is 20.8. The van der Waals surface area contributed by atoms with Crippen LogP contribution in [0.3, 0.4) is 0 Å². The molecule has 4 rings (SSSR count). The second-order valence-corrected chi connectivity index (χ2v) is 10.3. The van der Waals surface area contributed by atoms with Crippen LogP contribution >= 0.6 is 11.6 Å². The van der Waals surface area contributed by atoms with Crippen LogP contribution in [0, 0.1) is 5.92 Å². The number of benzene rings is 2. The molecule has 10 heteroatoms. The molecule has 0 aliphatic carbocycles. The zero-order valence-corrected chi connectivity index (χ0v) is 23.0. The van der Waals surface area contributed by atoms with E-state index in [1.807, 2.05) is 62.4 Å². The fourth-order valence-corrected chi connectivity index (χ4v) is 4.31. The van der Waals surface area contributed by atoms with Gasteiger partial charge in [-0.15, -0.1) is 0 Å². The van der Waals surface area contributed by atoms with Crippen molar-refractivity contribution in [3.63, 3.8) is 0 Å². The van der Waals surface area contributed by atoms with E-state index in [0.29, 0.717) is 17.3 Å². The van der Waals surface area contributed by atoms with Gasteiger partial charge in [0.15, 0.2) is 11.9 Å². The number of H-pyrrole nitrogens is 1. The van der Waals surface area contributed by atoms with Crippen molar-refractivity contribution >= 4 is 23.5 Å². The van der Waals surface area contributed by atoms with E-state index >= 15 is 0 Å². The number of halogens is 1. The van der Waals surface area contributed by atoms with Gasteiger partial charge in [0.1, 0.15) is 5.69 Å². The zero-order valence-electron chi connectivity index (χ0n) is 22.2. The number of hydrogen-bond acceptors (Lipinski definition) is 6. The van der Waals surface area contributed by atoms with Crippen molar-refractivity contribution < 1.29 is 19.4 Å². The van der Waals surface area contributed by atoms with Crippen LogP contribution in [0.2, 0.25) is 5.02 Å². The third kappa shape index (κ3) is 7.68. The van der Waals surface area contributed by atoms with E-state index in [4.69, 9.17) is 16.3 Å². The van der Waals surface area contributed by atoms with Crippen LogP contribution in [0.4, 0.5) is 0 Å². The maximum absolute atomic E-state index is 13.2. The Morgan fingerprint density at radius 2 is 1.82 bits per heavy atom. The van der Waals surface area contributed by atoms with Gasteiger partial charge in [0, 0.05) is 29.7 Å². The summed E-state index contributed by atoms with van der Waals surface area (Å²) in [6.45, 7) is 3.97. The van der Waals surface area contributed by atoms with Crippen LogP contribution in [-0.2, 0) is 16.0 Å². The fraction of sp³-hybridized carbons (Fsp3) is 0.267. The average molecular weight is 563 g/mol. The summed E-state index contributed by atoms with van der Waals surface area (Å²) in [7, 11) is 0. The average Bonchev–Trinajstić information content (AvgIpc) is 3.34. The third-order valence-corrected chi connectivity index (χ3v) is 6.35. The van der Waals surface area contributed by atoms with E-state index in [1.54, 1.807) is 18.2 Å². The van der Waals surface area contributed by atoms with Crippen molar-refractivity contribution in [2.24, 2.45) is 5.92 Å². The third-order valence-electron chi connectivity index (χ3n) is 6.11. The highest BCUT2D eigenvalue weighted by Gasteiger charge is 2.25. The number of nitrogens with one attached hydrogen (secondary N) is 2. The molecule has 3 N–H and O–H groups in total. The Labute approximate surface area is 236 Å². The largest absolute Gasteiger partial charge is 0.464 e. The van der Waals surface area contributed by atoms with Gasteiger partial charge < -0.3 is 15.2 Å². The number of pyridine rings is 1. The molecule has 0 saturated carbocycles. The number of nitrogens with zero attached hydrogens (tertiary/aromatic N) is 2. The number of ether oxygens (including phenoxy) is 1. The van der Waals surface area contributed by atoms with Gasteiger partial charge in [-0.3, -0.25) is 14.7 Å². The number of hydrogen-bond donors (Lipinski definition) is 3. The van der Waals surface area contributed by atoms with Crippen LogP contribution in [0.1, 0.15) is 36.3 Å². The Balaban J connectivity index is 1.52. The SMILES string of the molecule is CC(C)COC(=O)C(O)CC(Cc1ccc(-c2cccc(Cl)c2)cc1)NC(=O)c1cc(=O)n(-c2ccccn2)[nH]1. The molecule has 2 heterocycles. The second-order valence-electron chi connectivity index (χ2n) is 9.89. The molecule has 208 valence electrons. The van der Waals surface area contributed by atoms with Gasteiger partial charge in [-0.1, -0.05) is 67.9 Å². The normalized spacial score (nSPS) is 12.6. The fourth-order valence-electron chi connectivity index (χ4n) is 4.12. The van der Waals surface area contributed by atoms with Crippen molar-refractivity contribution in [3.05, 3.63) is 106 Å². The predicted molar refractivity (Wildman–Crippen MR) is 152 cm³/mol. The summed E-state index contributed by atoms with van der Waals surface area (Å²) in [4.78, 5) is 42.1. The molecule has 40 heavy (non-hydrogen) atoms. The van der Waals surface area contributed by atoms with Gasteiger partial charge in [0.25, 0.3) is 11.5 Å². The number of aliphatic hydroxyl groups excluding tert-OH is 1. The van der Waals surface area contributed by atoms with Crippen LogP contribution < -0.4 is 10.9 Å². The van der Waals surface area contributed by atoms with E-state index in [1.165, 1.54) is 12.3 Å². The summed E-state index contributed by atoms with van der Waals surface area (Å²) < 4.78 is 6.34. The molecular weight excluding hydrogens is 532 g/mol. The highest BCUT2D eigenvalue weighted by Crippen LogP contribution is 2.23. The molecule has 0 aliphatic heterocycles. The first-order valence-corrected chi connectivity index (χ1v) is 13.3. The quantitative estimate of drug-likeness (QED) is 0.236. The van der Waals surface area contributed by atoms with E-state index in [9.17, 15) is 19.5 Å². The number of carbonyl (C=O) groups is 2. The summed E-state index contributed by atoms with van der Waals surface area (Å²) in [5, 5.41) is 16.8. The van der Waals surface area contributed by atoms with Crippen LogP contribution in [0.15, 0.2) is 83.8 Å². The smallest absolute Gasteiger partial charge is 0.335 e. The van der Waals surface area contributed by atoms with Crippen molar-refractivity contribution in [2.45, 2.75) is 38.8 Å². The number of carbonyl (C=O) groups excluding carboxylic acids is 2. The lowest BCUT2D eigenvalue weighted by Gasteiger charge is -2.21. The highest BCUT2D eigenvalue weighted by molar-refractivity contribution is 6.30. The molecule has 0 saturated heterocycles. The second kappa shape index (κ2) is 13.2. The van der Waals surface area contributed by atoms with Crippen molar-refractivity contribution in [1.29, 1.82) is 0 Å². The Kier molecular flexibility index (Phi) is 9.52.